The van der Waals surface area contributed by atoms with Gasteiger partial charge in [-0.15, -0.1) is 0 Å². The van der Waals surface area contributed by atoms with Crippen LogP contribution in [0.2, 0.25) is 0 Å². The molecule has 0 aromatic carbocycles. The first-order valence-corrected chi connectivity index (χ1v) is 10.8. The van der Waals surface area contributed by atoms with Gasteiger partial charge in [0.05, 0.1) is 17.3 Å². The number of hydrogen-bond donors (Lipinski definition) is 1. The highest BCUT2D eigenvalue weighted by atomic mass is 16.1. The summed E-state index contributed by atoms with van der Waals surface area (Å²) < 4.78 is 3.91. The lowest BCUT2D eigenvalue weighted by Gasteiger charge is -2.30. The molecule has 0 atom stereocenters. The minimum atomic E-state index is 0.0684. The zero-order chi connectivity index (χ0) is 20.0. The standard InChI is InChI=1S/C22H28N6O/c1-14-11-19-21(27(14)2)22(24-13-23-19)25-16-7-9-17(10-8-16)28-20(29)12-15-5-3-4-6-18(15)26-28/h11-13,16-17H,3-10H2,1-2H3,(H,23,24,25). The maximum absolute atomic E-state index is 12.6. The first-order chi connectivity index (χ1) is 14.1. The van der Waals surface area contributed by atoms with Crippen LogP contribution >= 0.6 is 0 Å². The SMILES string of the molecule is Cc1cc2ncnc(NC3CCC(n4nc5c(cc4=O)CCCC5)CC3)c2n1C. The van der Waals surface area contributed by atoms with Crippen LogP contribution in [-0.2, 0) is 19.9 Å². The van der Waals surface area contributed by atoms with Crippen molar-refractivity contribution in [1.29, 1.82) is 0 Å². The Balaban J connectivity index is 1.31. The second-order valence-electron chi connectivity index (χ2n) is 8.56. The number of aromatic nitrogens is 5. The molecule has 0 saturated heterocycles. The van der Waals surface area contributed by atoms with Gasteiger partial charge in [-0.3, -0.25) is 4.79 Å². The monoisotopic (exact) mass is 392 g/mol. The van der Waals surface area contributed by atoms with Crippen molar-refractivity contribution >= 4 is 16.9 Å². The highest BCUT2D eigenvalue weighted by molar-refractivity contribution is 5.87. The van der Waals surface area contributed by atoms with Gasteiger partial charge >= 0.3 is 0 Å². The largest absolute Gasteiger partial charge is 0.365 e. The average Bonchev–Trinajstić information content (AvgIpc) is 3.03. The summed E-state index contributed by atoms with van der Waals surface area (Å²) in [5.74, 6) is 0.901. The molecule has 2 aliphatic carbocycles. The van der Waals surface area contributed by atoms with Crippen LogP contribution in [0.15, 0.2) is 23.3 Å². The van der Waals surface area contributed by atoms with Gasteiger partial charge in [-0.2, -0.15) is 5.10 Å². The molecule has 0 bridgehead atoms. The predicted octanol–water partition coefficient (Wildman–Crippen LogP) is 3.31. The van der Waals surface area contributed by atoms with Crippen LogP contribution in [0.1, 0.15) is 61.5 Å². The Morgan fingerprint density at radius 2 is 1.86 bits per heavy atom. The third kappa shape index (κ3) is 3.32. The first kappa shape index (κ1) is 18.3. The van der Waals surface area contributed by atoms with E-state index in [1.807, 2.05) is 6.07 Å². The van der Waals surface area contributed by atoms with E-state index in [0.29, 0.717) is 6.04 Å². The molecule has 152 valence electrons. The Morgan fingerprint density at radius 3 is 2.69 bits per heavy atom. The fourth-order valence-electron chi connectivity index (χ4n) is 4.90. The van der Waals surface area contributed by atoms with Crippen LogP contribution in [-0.4, -0.2) is 30.4 Å². The van der Waals surface area contributed by atoms with E-state index in [4.69, 9.17) is 5.10 Å². The molecule has 3 aromatic heterocycles. The van der Waals surface area contributed by atoms with E-state index in [2.05, 4.69) is 39.9 Å². The van der Waals surface area contributed by atoms with Crippen molar-refractivity contribution in [1.82, 2.24) is 24.3 Å². The van der Waals surface area contributed by atoms with Crippen molar-refractivity contribution in [2.24, 2.45) is 7.05 Å². The molecule has 1 saturated carbocycles. The maximum Gasteiger partial charge on any atom is 0.267 e. The van der Waals surface area contributed by atoms with Gasteiger partial charge in [0, 0.05) is 24.8 Å². The summed E-state index contributed by atoms with van der Waals surface area (Å²) in [4.78, 5) is 21.5. The topological polar surface area (TPSA) is 77.6 Å². The smallest absolute Gasteiger partial charge is 0.267 e. The Bertz CT molecular complexity index is 1110. The molecule has 0 unspecified atom stereocenters. The van der Waals surface area contributed by atoms with Crippen LogP contribution in [0, 0.1) is 6.92 Å². The maximum atomic E-state index is 12.6. The van der Waals surface area contributed by atoms with Crippen molar-refractivity contribution in [3.05, 3.63) is 45.8 Å². The molecular formula is C22H28N6O. The number of rotatable bonds is 3. The van der Waals surface area contributed by atoms with Gasteiger partial charge in [-0.25, -0.2) is 14.6 Å². The third-order valence-electron chi connectivity index (χ3n) is 6.68. The van der Waals surface area contributed by atoms with Crippen LogP contribution < -0.4 is 10.9 Å². The Morgan fingerprint density at radius 1 is 1.07 bits per heavy atom. The number of hydrogen-bond acceptors (Lipinski definition) is 5. The quantitative estimate of drug-likeness (QED) is 0.740. The van der Waals surface area contributed by atoms with Gasteiger partial charge in [0.15, 0.2) is 5.82 Å². The van der Waals surface area contributed by atoms with E-state index in [-0.39, 0.29) is 11.6 Å². The number of nitrogens with one attached hydrogen (secondary N) is 1. The van der Waals surface area contributed by atoms with Gasteiger partial charge in [0.1, 0.15) is 11.8 Å². The summed E-state index contributed by atoms with van der Waals surface area (Å²) in [5, 5.41) is 8.40. The minimum Gasteiger partial charge on any atom is -0.365 e. The van der Waals surface area contributed by atoms with Crippen LogP contribution in [0.5, 0.6) is 0 Å². The van der Waals surface area contributed by atoms with Crippen LogP contribution in [0.25, 0.3) is 11.0 Å². The molecule has 3 aromatic rings. The second-order valence-corrected chi connectivity index (χ2v) is 8.56. The lowest BCUT2D eigenvalue weighted by Crippen LogP contribution is -2.34. The molecule has 0 spiro atoms. The molecule has 3 heterocycles. The number of nitrogens with zero attached hydrogens (tertiary/aromatic N) is 5. The van der Waals surface area contributed by atoms with E-state index in [1.54, 1.807) is 11.0 Å². The fourth-order valence-corrected chi connectivity index (χ4v) is 4.90. The fraction of sp³-hybridized carbons (Fsp3) is 0.545. The molecule has 29 heavy (non-hydrogen) atoms. The Kier molecular flexibility index (Phi) is 4.60. The third-order valence-corrected chi connectivity index (χ3v) is 6.68. The molecule has 7 nitrogen and oxygen atoms in total. The molecule has 2 aliphatic rings. The second kappa shape index (κ2) is 7.28. The number of fused-ring (bicyclic) bond motifs is 2. The van der Waals surface area contributed by atoms with E-state index in [1.165, 1.54) is 24.1 Å². The van der Waals surface area contributed by atoms with Gasteiger partial charge in [-0.1, -0.05) is 0 Å². The Hall–Kier alpha value is -2.70. The zero-order valence-electron chi connectivity index (χ0n) is 17.2. The molecule has 0 radical (unpaired) electrons. The van der Waals surface area contributed by atoms with E-state index < -0.39 is 0 Å². The molecular weight excluding hydrogens is 364 g/mol. The van der Waals surface area contributed by atoms with Gasteiger partial charge < -0.3 is 9.88 Å². The molecule has 0 aliphatic heterocycles. The lowest BCUT2D eigenvalue weighted by atomic mass is 9.91. The lowest BCUT2D eigenvalue weighted by molar-refractivity contribution is 0.300. The van der Waals surface area contributed by atoms with Crippen molar-refractivity contribution in [3.8, 4) is 0 Å². The van der Waals surface area contributed by atoms with E-state index >= 15 is 0 Å². The summed E-state index contributed by atoms with van der Waals surface area (Å²) >= 11 is 0. The van der Waals surface area contributed by atoms with Crippen molar-refractivity contribution < 1.29 is 0 Å². The molecule has 1 N–H and O–H groups in total. The van der Waals surface area contributed by atoms with Gasteiger partial charge in [0.2, 0.25) is 0 Å². The van der Waals surface area contributed by atoms with Gasteiger partial charge in [0.25, 0.3) is 5.56 Å². The highest BCUT2D eigenvalue weighted by Crippen LogP contribution is 2.31. The van der Waals surface area contributed by atoms with E-state index in [9.17, 15) is 4.79 Å². The Labute approximate surface area is 170 Å². The molecule has 1 fully saturated rings. The summed E-state index contributed by atoms with van der Waals surface area (Å²) in [5.41, 5.74) is 5.57. The summed E-state index contributed by atoms with van der Waals surface area (Å²) in [6.45, 7) is 2.08. The average molecular weight is 393 g/mol. The van der Waals surface area contributed by atoms with Crippen LogP contribution in [0.3, 0.4) is 0 Å². The number of aryl methyl sites for hydroxylation is 4. The van der Waals surface area contributed by atoms with Crippen molar-refractivity contribution in [2.45, 2.75) is 70.4 Å². The minimum absolute atomic E-state index is 0.0684. The highest BCUT2D eigenvalue weighted by Gasteiger charge is 2.26. The normalized spacial score (nSPS) is 21.9. The van der Waals surface area contributed by atoms with Gasteiger partial charge in [-0.05, 0) is 69.9 Å². The first-order valence-electron chi connectivity index (χ1n) is 10.8. The van der Waals surface area contributed by atoms with Crippen molar-refractivity contribution in [2.75, 3.05) is 5.32 Å². The van der Waals surface area contributed by atoms with Crippen molar-refractivity contribution in [3.63, 3.8) is 0 Å². The zero-order valence-corrected chi connectivity index (χ0v) is 17.2. The van der Waals surface area contributed by atoms with Crippen LogP contribution in [0.4, 0.5) is 5.82 Å². The summed E-state index contributed by atoms with van der Waals surface area (Å²) in [6.07, 6.45) is 9.93. The molecule has 7 heteroatoms. The summed E-state index contributed by atoms with van der Waals surface area (Å²) in [7, 11) is 2.05. The predicted molar refractivity (Wildman–Crippen MR) is 113 cm³/mol. The molecule has 5 rings (SSSR count). The van der Waals surface area contributed by atoms with E-state index in [0.717, 1.165) is 61.1 Å². The number of anilines is 1. The summed E-state index contributed by atoms with van der Waals surface area (Å²) in [6, 6.07) is 4.48. The molecule has 0 amide bonds.